The van der Waals surface area contributed by atoms with Crippen molar-refractivity contribution < 1.29 is 0 Å². The quantitative estimate of drug-likeness (QED) is 0.636. The first-order valence-electron chi connectivity index (χ1n) is 7.77. The van der Waals surface area contributed by atoms with E-state index < -0.39 is 0 Å². The summed E-state index contributed by atoms with van der Waals surface area (Å²) in [4.78, 5) is 0. The number of allylic oxidation sites excluding steroid dienone is 1. The first-order valence-corrected chi connectivity index (χ1v) is 7.77. The van der Waals surface area contributed by atoms with Crippen molar-refractivity contribution in [3.8, 4) is 11.8 Å². The largest absolute Gasteiger partial charge is 0.313 e. The highest BCUT2D eigenvalue weighted by atomic mass is 14.8. The molecule has 0 aromatic heterocycles. The van der Waals surface area contributed by atoms with Gasteiger partial charge < -0.3 is 5.32 Å². The van der Waals surface area contributed by atoms with Crippen molar-refractivity contribution in [1.82, 2.24) is 5.32 Å². The Kier molecular flexibility index (Phi) is 5.81. The van der Waals surface area contributed by atoms with Crippen LogP contribution in [0.5, 0.6) is 0 Å². The van der Waals surface area contributed by atoms with Crippen LogP contribution in [0.15, 0.2) is 54.6 Å². The predicted octanol–water partition coefficient (Wildman–Crippen LogP) is 4.39. The molecule has 0 aliphatic heterocycles. The molecule has 113 valence electrons. The molecule has 1 heteroatoms. The molecule has 2 rings (SSSR count). The van der Waals surface area contributed by atoms with Crippen LogP contribution in [0, 0.1) is 24.2 Å². The molecule has 0 saturated carbocycles. The molecule has 0 aliphatic rings. The van der Waals surface area contributed by atoms with Crippen LogP contribution in [0.25, 0.3) is 10.8 Å². The van der Waals surface area contributed by atoms with Gasteiger partial charge in [-0.2, -0.15) is 0 Å². The molecule has 0 bridgehead atoms. The van der Waals surface area contributed by atoms with Gasteiger partial charge in [0.2, 0.25) is 0 Å². The minimum Gasteiger partial charge on any atom is -0.313 e. The highest BCUT2D eigenvalue weighted by Crippen LogP contribution is 2.18. The van der Waals surface area contributed by atoms with Crippen molar-refractivity contribution in [2.24, 2.45) is 5.41 Å². The third-order valence-corrected chi connectivity index (χ3v) is 3.32. The van der Waals surface area contributed by atoms with Gasteiger partial charge in [-0.15, -0.1) is 0 Å². The summed E-state index contributed by atoms with van der Waals surface area (Å²) in [6.45, 7) is 9.78. The molecule has 1 radical (unpaired) electrons. The lowest BCUT2D eigenvalue weighted by Crippen LogP contribution is -2.17. The second-order valence-electron chi connectivity index (χ2n) is 6.15. The average molecular weight is 290 g/mol. The summed E-state index contributed by atoms with van der Waals surface area (Å²) in [6, 6.07) is 15.1. The molecule has 0 amide bonds. The number of hydrogen-bond acceptors (Lipinski definition) is 1. The zero-order valence-corrected chi connectivity index (χ0v) is 13.5. The maximum atomic E-state index is 3.95. The van der Waals surface area contributed by atoms with Crippen LogP contribution in [-0.4, -0.2) is 13.1 Å². The van der Waals surface area contributed by atoms with Gasteiger partial charge in [0.1, 0.15) is 0 Å². The first kappa shape index (κ1) is 16.3. The highest BCUT2D eigenvalue weighted by molar-refractivity contribution is 5.85. The Hall–Kier alpha value is -2.04. The van der Waals surface area contributed by atoms with Gasteiger partial charge in [0.15, 0.2) is 0 Å². The highest BCUT2D eigenvalue weighted by Gasteiger charge is 2.02. The Labute approximate surface area is 134 Å². The minimum absolute atomic E-state index is 0.174. The number of benzene rings is 2. The monoisotopic (exact) mass is 290 g/mol. The Morgan fingerprint density at radius 1 is 1.14 bits per heavy atom. The smallest absolute Gasteiger partial charge is 0.0262 e. The van der Waals surface area contributed by atoms with E-state index >= 15 is 0 Å². The van der Waals surface area contributed by atoms with E-state index in [1.807, 2.05) is 19.9 Å². The third kappa shape index (κ3) is 5.39. The maximum absolute atomic E-state index is 3.95. The van der Waals surface area contributed by atoms with E-state index in [4.69, 9.17) is 0 Å². The molecule has 0 aliphatic carbocycles. The average Bonchev–Trinajstić information content (AvgIpc) is 2.49. The lowest BCUT2D eigenvalue weighted by atomic mass is 9.98. The van der Waals surface area contributed by atoms with Gasteiger partial charge in [0.25, 0.3) is 0 Å². The topological polar surface area (TPSA) is 12.0 Å². The maximum Gasteiger partial charge on any atom is 0.0262 e. The van der Waals surface area contributed by atoms with Crippen molar-refractivity contribution in [2.45, 2.75) is 20.3 Å². The van der Waals surface area contributed by atoms with Crippen LogP contribution in [0.1, 0.15) is 19.4 Å². The SMILES string of the molecule is [CH2]C(C)(C)C#CC=CCNCCc1cccc2ccccc12. The van der Waals surface area contributed by atoms with Crippen molar-refractivity contribution in [3.63, 3.8) is 0 Å². The van der Waals surface area contributed by atoms with Gasteiger partial charge in [-0.3, -0.25) is 0 Å². The molecule has 22 heavy (non-hydrogen) atoms. The van der Waals surface area contributed by atoms with E-state index in [9.17, 15) is 0 Å². The summed E-state index contributed by atoms with van der Waals surface area (Å²) in [6.07, 6.45) is 4.99. The fraction of sp³-hybridized carbons (Fsp3) is 0.286. The molecule has 1 N–H and O–H groups in total. The summed E-state index contributed by atoms with van der Waals surface area (Å²) in [7, 11) is 0. The normalized spacial score (nSPS) is 11.6. The van der Waals surface area contributed by atoms with Crippen LogP contribution in [-0.2, 0) is 6.42 Å². The zero-order chi connectivity index (χ0) is 15.8. The summed E-state index contributed by atoms with van der Waals surface area (Å²) < 4.78 is 0. The zero-order valence-electron chi connectivity index (χ0n) is 13.5. The second kappa shape index (κ2) is 7.82. The van der Waals surface area contributed by atoms with Gasteiger partial charge >= 0.3 is 0 Å². The summed E-state index contributed by atoms with van der Waals surface area (Å²) in [5, 5.41) is 6.09. The summed E-state index contributed by atoms with van der Waals surface area (Å²) in [5.74, 6) is 6.11. The minimum atomic E-state index is -0.174. The van der Waals surface area contributed by atoms with Crippen molar-refractivity contribution in [1.29, 1.82) is 0 Å². The van der Waals surface area contributed by atoms with Gasteiger partial charge in [-0.05, 0) is 56.1 Å². The number of nitrogens with one attached hydrogen (secondary N) is 1. The summed E-state index contributed by atoms with van der Waals surface area (Å²) >= 11 is 0. The van der Waals surface area contributed by atoms with Crippen molar-refractivity contribution in [2.75, 3.05) is 13.1 Å². The van der Waals surface area contributed by atoms with Crippen LogP contribution < -0.4 is 5.32 Å². The summed E-state index contributed by atoms with van der Waals surface area (Å²) in [5.41, 5.74) is 1.22. The first-order chi connectivity index (χ1) is 10.6. The molecule has 2 aromatic rings. The van der Waals surface area contributed by atoms with Crippen LogP contribution in [0.2, 0.25) is 0 Å². The Balaban J connectivity index is 1.79. The number of fused-ring (bicyclic) bond motifs is 1. The molecule has 2 aromatic carbocycles. The van der Waals surface area contributed by atoms with Crippen molar-refractivity contribution >= 4 is 10.8 Å². The molecule has 0 heterocycles. The van der Waals surface area contributed by atoms with Crippen LogP contribution in [0.4, 0.5) is 0 Å². The number of rotatable bonds is 5. The van der Waals surface area contributed by atoms with Gasteiger partial charge in [0, 0.05) is 12.0 Å². The van der Waals surface area contributed by atoms with Crippen molar-refractivity contribution in [3.05, 3.63) is 67.1 Å². The molecule has 1 nitrogen and oxygen atoms in total. The molecule has 0 atom stereocenters. The molecular weight excluding hydrogens is 266 g/mol. The van der Waals surface area contributed by atoms with E-state index in [0.29, 0.717) is 0 Å². The number of hydrogen-bond donors (Lipinski definition) is 1. The Bertz CT molecular complexity index is 688. The van der Waals surface area contributed by atoms with Gasteiger partial charge in [-0.25, -0.2) is 0 Å². The molecular formula is C21H24N. The molecule has 0 spiro atoms. The molecule has 0 fully saturated rings. The third-order valence-electron chi connectivity index (χ3n) is 3.32. The lowest BCUT2D eigenvalue weighted by Gasteiger charge is -2.07. The van der Waals surface area contributed by atoms with Crippen LogP contribution in [0.3, 0.4) is 0 Å². The molecule has 0 saturated heterocycles. The predicted molar refractivity (Wildman–Crippen MR) is 96.6 cm³/mol. The van der Waals surface area contributed by atoms with E-state index in [1.54, 1.807) is 0 Å². The van der Waals surface area contributed by atoms with E-state index in [0.717, 1.165) is 19.5 Å². The Morgan fingerprint density at radius 3 is 2.73 bits per heavy atom. The molecule has 0 unspecified atom stereocenters. The van der Waals surface area contributed by atoms with E-state index in [-0.39, 0.29) is 5.41 Å². The van der Waals surface area contributed by atoms with E-state index in [2.05, 4.69) is 72.6 Å². The Morgan fingerprint density at radius 2 is 1.91 bits per heavy atom. The fourth-order valence-corrected chi connectivity index (χ4v) is 2.27. The van der Waals surface area contributed by atoms with Gasteiger partial charge in [0.05, 0.1) is 0 Å². The fourth-order valence-electron chi connectivity index (χ4n) is 2.27. The standard InChI is InChI=1S/C21H24N/c1-21(2,3)15-7-4-8-16-22-17-14-19-12-9-11-18-10-5-6-13-20(18)19/h4-6,8-13,22H,1,14,16-17H2,2-3H3. The van der Waals surface area contributed by atoms with Crippen LogP contribution >= 0.6 is 0 Å². The van der Waals surface area contributed by atoms with Gasteiger partial charge in [-0.1, -0.05) is 60.4 Å². The lowest BCUT2D eigenvalue weighted by molar-refractivity contribution is 0.650. The van der Waals surface area contributed by atoms with E-state index in [1.165, 1.54) is 16.3 Å². The second-order valence-corrected chi connectivity index (χ2v) is 6.15.